The van der Waals surface area contributed by atoms with Gasteiger partial charge in [0.2, 0.25) is 6.79 Å². The SMILES string of the molecule is COC(=O)c1ccc(Oc2cc3c(cc2C(=O)OC)OCO3)cc1. The molecule has 0 aliphatic carbocycles. The van der Waals surface area contributed by atoms with Gasteiger partial charge in [-0.05, 0) is 24.3 Å². The Morgan fingerprint density at radius 3 is 2.17 bits per heavy atom. The Morgan fingerprint density at radius 2 is 1.54 bits per heavy atom. The van der Waals surface area contributed by atoms with E-state index in [2.05, 4.69) is 4.74 Å². The van der Waals surface area contributed by atoms with Gasteiger partial charge >= 0.3 is 11.9 Å². The summed E-state index contributed by atoms with van der Waals surface area (Å²) in [5.74, 6) is 0.616. The average molecular weight is 330 g/mol. The first-order valence-electron chi connectivity index (χ1n) is 7.00. The molecule has 1 aliphatic heterocycles. The highest BCUT2D eigenvalue weighted by Crippen LogP contribution is 2.40. The van der Waals surface area contributed by atoms with E-state index < -0.39 is 11.9 Å². The van der Waals surface area contributed by atoms with Crippen molar-refractivity contribution in [1.29, 1.82) is 0 Å². The summed E-state index contributed by atoms with van der Waals surface area (Å²) >= 11 is 0. The van der Waals surface area contributed by atoms with Crippen LogP contribution in [0.15, 0.2) is 36.4 Å². The normalized spacial score (nSPS) is 11.8. The van der Waals surface area contributed by atoms with Gasteiger partial charge in [-0.1, -0.05) is 0 Å². The molecule has 0 amide bonds. The van der Waals surface area contributed by atoms with Gasteiger partial charge in [-0.25, -0.2) is 9.59 Å². The lowest BCUT2D eigenvalue weighted by atomic mass is 10.1. The van der Waals surface area contributed by atoms with E-state index in [9.17, 15) is 9.59 Å². The zero-order chi connectivity index (χ0) is 17.1. The predicted octanol–water partition coefficient (Wildman–Crippen LogP) is 2.78. The molecular weight excluding hydrogens is 316 g/mol. The van der Waals surface area contributed by atoms with Gasteiger partial charge in [0.25, 0.3) is 0 Å². The number of hydrogen-bond acceptors (Lipinski definition) is 7. The third-order valence-electron chi connectivity index (χ3n) is 3.38. The summed E-state index contributed by atoms with van der Waals surface area (Å²) in [6.07, 6.45) is 0. The second-order valence-corrected chi connectivity index (χ2v) is 4.81. The number of esters is 2. The Morgan fingerprint density at radius 1 is 0.917 bits per heavy atom. The Hall–Kier alpha value is -3.22. The lowest BCUT2D eigenvalue weighted by molar-refractivity contribution is 0.0590. The van der Waals surface area contributed by atoms with Gasteiger partial charge in [-0.3, -0.25) is 0 Å². The molecule has 124 valence electrons. The number of carbonyl (C=O) groups excluding carboxylic acids is 2. The second-order valence-electron chi connectivity index (χ2n) is 4.81. The lowest BCUT2D eigenvalue weighted by Crippen LogP contribution is -2.04. The van der Waals surface area contributed by atoms with Gasteiger partial charge in [0.1, 0.15) is 17.1 Å². The van der Waals surface area contributed by atoms with Crippen LogP contribution in [0.25, 0.3) is 0 Å². The second kappa shape index (κ2) is 6.49. The first kappa shape index (κ1) is 15.7. The number of ether oxygens (including phenoxy) is 5. The van der Waals surface area contributed by atoms with Crippen molar-refractivity contribution in [3.63, 3.8) is 0 Å². The van der Waals surface area contributed by atoms with Crippen molar-refractivity contribution in [2.24, 2.45) is 0 Å². The van der Waals surface area contributed by atoms with Crippen molar-refractivity contribution in [2.75, 3.05) is 21.0 Å². The maximum Gasteiger partial charge on any atom is 0.341 e. The number of rotatable bonds is 4. The fourth-order valence-electron chi connectivity index (χ4n) is 2.18. The van der Waals surface area contributed by atoms with E-state index in [-0.39, 0.29) is 18.1 Å². The number of benzene rings is 2. The van der Waals surface area contributed by atoms with Crippen molar-refractivity contribution >= 4 is 11.9 Å². The van der Waals surface area contributed by atoms with Gasteiger partial charge in [-0.15, -0.1) is 0 Å². The van der Waals surface area contributed by atoms with E-state index in [1.165, 1.54) is 20.3 Å². The number of hydrogen-bond donors (Lipinski definition) is 0. The molecule has 0 saturated carbocycles. The summed E-state index contributed by atoms with van der Waals surface area (Å²) in [6, 6.07) is 9.38. The molecule has 0 bridgehead atoms. The first-order valence-corrected chi connectivity index (χ1v) is 7.00. The highest BCUT2D eigenvalue weighted by Gasteiger charge is 2.23. The quantitative estimate of drug-likeness (QED) is 0.797. The van der Waals surface area contributed by atoms with Crippen molar-refractivity contribution in [2.45, 2.75) is 0 Å². The van der Waals surface area contributed by atoms with E-state index in [1.807, 2.05) is 0 Å². The number of methoxy groups -OCH3 is 2. The number of carbonyl (C=O) groups is 2. The highest BCUT2D eigenvalue weighted by atomic mass is 16.7. The standard InChI is InChI=1S/C17H14O7/c1-20-16(18)10-3-5-11(6-4-10)24-13-8-15-14(22-9-23-15)7-12(13)17(19)21-2/h3-8H,9H2,1-2H3. The van der Waals surface area contributed by atoms with Crippen LogP contribution in [0, 0.1) is 0 Å². The van der Waals surface area contributed by atoms with Crippen LogP contribution in [0.5, 0.6) is 23.0 Å². The van der Waals surface area contributed by atoms with Crippen LogP contribution in [-0.2, 0) is 9.47 Å². The minimum atomic E-state index is -0.561. The molecule has 0 unspecified atom stereocenters. The Labute approximate surface area is 137 Å². The smallest absolute Gasteiger partial charge is 0.341 e. The molecule has 1 heterocycles. The molecule has 0 fully saturated rings. The zero-order valence-corrected chi connectivity index (χ0v) is 13.0. The third kappa shape index (κ3) is 2.96. The van der Waals surface area contributed by atoms with Crippen LogP contribution in [0.1, 0.15) is 20.7 Å². The van der Waals surface area contributed by atoms with E-state index in [4.69, 9.17) is 18.9 Å². The molecule has 7 nitrogen and oxygen atoms in total. The molecule has 3 rings (SSSR count). The van der Waals surface area contributed by atoms with Gasteiger partial charge in [0.05, 0.1) is 19.8 Å². The molecule has 2 aromatic rings. The van der Waals surface area contributed by atoms with Gasteiger partial charge in [0, 0.05) is 12.1 Å². The fourth-order valence-corrected chi connectivity index (χ4v) is 2.18. The van der Waals surface area contributed by atoms with Crippen molar-refractivity contribution < 1.29 is 33.3 Å². The lowest BCUT2D eigenvalue weighted by Gasteiger charge is -2.11. The molecule has 0 atom stereocenters. The monoisotopic (exact) mass is 330 g/mol. The van der Waals surface area contributed by atoms with E-state index in [0.717, 1.165) is 0 Å². The molecule has 0 saturated heterocycles. The molecule has 1 aliphatic rings. The summed E-state index contributed by atoms with van der Waals surface area (Å²) in [4.78, 5) is 23.4. The molecule has 2 aromatic carbocycles. The maximum absolute atomic E-state index is 11.9. The average Bonchev–Trinajstić information content (AvgIpc) is 3.07. The van der Waals surface area contributed by atoms with Gasteiger partial charge < -0.3 is 23.7 Å². The van der Waals surface area contributed by atoms with Crippen molar-refractivity contribution in [1.82, 2.24) is 0 Å². The summed E-state index contributed by atoms with van der Waals surface area (Å²) < 4.78 is 25.7. The highest BCUT2D eigenvalue weighted by molar-refractivity contribution is 5.93. The molecule has 0 aromatic heterocycles. The molecule has 7 heteroatoms. The molecule has 0 radical (unpaired) electrons. The summed E-state index contributed by atoms with van der Waals surface area (Å²) in [6.45, 7) is 0.0766. The fraction of sp³-hybridized carbons (Fsp3) is 0.176. The van der Waals surface area contributed by atoms with Gasteiger partial charge in [-0.2, -0.15) is 0 Å². The minimum Gasteiger partial charge on any atom is -0.465 e. The largest absolute Gasteiger partial charge is 0.465 e. The predicted molar refractivity (Wildman–Crippen MR) is 81.8 cm³/mol. The Kier molecular flexibility index (Phi) is 4.24. The van der Waals surface area contributed by atoms with Crippen LogP contribution >= 0.6 is 0 Å². The topological polar surface area (TPSA) is 80.3 Å². The summed E-state index contributed by atoms with van der Waals surface area (Å²) in [5.41, 5.74) is 0.600. The zero-order valence-electron chi connectivity index (χ0n) is 13.0. The van der Waals surface area contributed by atoms with E-state index >= 15 is 0 Å². The van der Waals surface area contributed by atoms with Crippen molar-refractivity contribution in [3.8, 4) is 23.0 Å². The van der Waals surface area contributed by atoms with Crippen LogP contribution in [0.3, 0.4) is 0 Å². The molecular formula is C17H14O7. The number of fused-ring (bicyclic) bond motifs is 1. The molecule has 24 heavy (non-hydrogen) atoms. The Balaban J connectivity index is 1.91. The molecule has 0 N–H and O–H groups in total. The van der Waals surface area contributed by atoms with Crippen LogP contribution in [-0.4, -0.2) is 33.0 Å². The minimum absolute atomic E-state index is 0.0766. The summed E-state index contributed by atoms with van der Waals surface area (Å²) in [7, 11) is 2.59. The maximum atomic E-state index is 11.9. The van der Waals surface area contributed by atoms with E-state index in [0.29, 0.717) is 22.8 Å². The van der Waals surface area contributed by atoms with Crippen LogP contribution in [0.4, 0.5) is 0 Å². The van der Waals surface area contributed by atoms with Gasteiger partial charge in [0.15, 0.2) is 11.5 Å². The van der Waals surface area contributed by atoms with Crippen molar-refractivity contribution in [3.05, 3.63) is 47.5 Å². The van der Waals surface area contributed by atoms with Crippen LogP contribution < -0.4 is 14.2 Å². The van der Waals surface area contributed by atoms with Crippen LogP contribution in [0.2, 0.25) is 0 Å². The summed E-state index contributed by atoms with van der Waals surface area (Å²) in [5, 5.41) is 0. The third-order valence-corrected chi connectivity index (χ3v) is 3.38. The van der Waals surface area contributed by atoms with E-state index in [1.54, 1.807) is 30.3 Å². The Bertz CT molecular complexity index is 780. The molecule has 0 spiro atoms. The first-order chi connectivity index (χ1) is 11.6.